The number of methoxy groups -OCH3 is 1. The Labute approximate surface area is 166 Å². The molecule has 4 aromatic rings. The molecule has 2 aromatic heterocycles. The molecule has 0 amide bonds. The molecule has 4 rings (SSSR count). The molecule has 28 heavy (non-hydrogen) atoms. The lowest BCUT2D eigenvalue weighted by molar-refractivity contribution is 0.419. The van der Waals surface area contributed by atoms with Gasteiger partial charge in [-0.1, -0.05) is 11.6 Å². The van der Waals surface area contributed by atoms with E-state index in [1.54, 1.807) is 32.6 Å². The van der Waals surface area contributed by atoms with Gasteiger partial charge in [0.25, 0.3) is 0 Å². The standard InChI is InChI=1S/C21H16ClFN4O/c1-24-21-17-8-14(13-6-15(22)10-16(23)7-13)9-18(28-2)19(17)26-20(27-21)12-4-3-5-25-11-12/h3-11H,1-2H3,(H,24,26,27). The summed E-state index contributed by atoms with van der Waals surface area (Å²) >= 11 is 6.02. The van der Waals surface area contributed by atoms with E-state index in [-0.39, 0.29) is 0 Å². The molecule has 0 spiro atoms. The first kappa shape index (κ1) is 18.1. The third kappa shape index (κ3) is 3.34. The van der Waals surface area contributed by atoms with Crippen molar-refractivity contribution in [1.29, 1.82) is 0 Å². The molecular weight excluding hydrogens is 379 g/mol. The van der Waals surface area contributed by atoms with E-state index < -0.39 is 5.82 Å². The number of halogens is 2. The molecule has 0 saturated carbocycles. The Morgan fingerprint density at radius 2 is 1.86 bits per heavy atom. The third-order valence-corrected chi connectivity index (χ3v) is 4.56. The minimum absolute atomic E-state index is 0.325. The highest BCUT2D eigenvalue weighted by Gasteiger charge is 2.15. The zero-order valence-corrected chi connectivity index (χ0v) is 16.0. The predicted molar refractivity (Wildman–Crippen MR) is 109 cm³/mol. The van der Waals surface area contributed by atoms with Gasteiger partial charge in [0.1, 0.15) is 22.9 Å². The van der Waals surface area contributed by atoms with Crippen LogP contribution in [0.5, 0.6) is 5.75 Å². The molecule has 0 fully saturated rings. The molecule has 140 valence electrons. The van der Waals surface area contributed by atoms with E-state index in [4.69, 9.17) is 16.3 Å². The van der Waals surface area contributed by atoms with Crippen molar-refractivity contribution in [2.24, 2.45) is 0 Å². The second kappa shape index (κ2) is 7.40. The number of nitrogens with one attached hydrogen (secondary N) is 1. The molecule has 1 N–H and O–H groups in total. The molecular formula is C21H16ClFN4O. The van der Waals surface area contributed by atoms with Gasteiger partial charge >= 0.3 is 0 Å². The molecule has 0 radical (unpaired) electrons. The third-order valence-electron chi connectivity index (χ3n) is 4.34. The van der Waals surface area contributed by atoms with Crippen LogP contribution in [0.1, 0.15) is 0 Å². The van der Waals surface area contributed by atoms with Crippen LogP contribution in [-0.2, 0) is 0 Å². The van der Waals surface area contributed by atoms with Crippen molar-refractivity contribution in [1.82, 2.24) is 15.0 Å². The molecule has 0 aliphatic carbocycles. The summed E-state index contributed by atoms with van der Waals surface area (Å²) in [5.74, 6) is 1.31. The van der Waals surface area contributed by atoms with Crippen molar-refractivity contribution in [3.63, 3.8) is 0 Å². The minimum Gasteiger partial charge on any atom is -0.494 e. The van der Waals surface area contributed by atoms with Crippen LogP contribution in [0.25, 0.3) is 33.4 Å². The summed E-state index contributed by atoms with van der Waals surface area (Å²) in [5.41, 5.74) is 2.83. The molecule has 0 saturated heterocycles. The zero-order chi connectivity index (χ0) is 19.7. The van der Waals surface area contributed by atoms with E-state index >= 15 is 0 Å². The number of hydrogen-bond acceptors (Lipinski definition) is 5. The topological polar surface area (TPSA) is 59.9 Å². The van der Waals surface area contributed by atoms with Crippen LogP contribution >= 0.6 is 11.6 Å². The first-order valence-electron chi connectivity index (χ1n) is 8.53. The van der Waals surface area contributed by atoms with E-state index in [2.05, 4.69) is 20.3 Å². The largest absolute Gasteiger partial charge is 0.494 e. The molecule has 0 unspecified atom stereocenters. The van der Waals surface area contributed by atoms with Gasteiger partial charge in [-0.05, 0) is 53.6 Å². The van der Waals surface area contributed by atoms with Crippen LogP contribution < -0.4 is 10.1 Å². The van der Waals surface area contributed by atoms with E-state index in [9.17, 15) is 4.39 Å². The van der Waals surface area contributed by atoms with Crippen LogP contribution in [0, 0.1) is 5.82 Å². The molecule has 0 bridgehead atoms. The Kier molecular flexibility index (Phi) is 4.79. The highest BCUT2D eigenvalue weighted by Crippen LogP contribution is 2.36. The minimum atomic E-state index is -0.404. The zero-order valence-electron chi connectivity index (χ0n) is 15.2. The molecule has 0 aliphatic heterocycles. The molecule has 0 aliphatic rings. The van der Waals surface area contributed by atoms with Crippen LogP contribution in [0.15, 0.2) is 54.9 Å². The Bertz CT molecular complexity index is 1150. The van der Waals surface area contributed by atoms with E-state index in [1.165, 1.54) is 12.1 Å². The Balaban J connectivity index is 1.98. The predicted octanol–water partition coefficient (Wildman–Crippen LogP) is 5.20. The van der Waals surface area contributed by atoms with Gasteiger partial charge in [0.05, 0.1) is 7.11 Å². The molecule has 7 heteroatoms. The van der Waals surface area contributed by atoms with Gasteiger partial charge in [-0.3, -0.25) is 4.98 Å². The van der Waals surface area contributed by atoms with Crippen LogP contribution in [-0.4, -0.2) is 29.1 Å². The smallest absolute Gasteiger partial charge is 0.163 e. The number of aromatic nitrogens is 3. The first-order chi connectivity index (χ1) is 13.6. The highest BCUT2D eigenvalue weighted by atomic mass is 35.5. The molecule has 5 nitrogen and oxygen atoms in total. The van der Waals surface area contributed by atoms with E-state index in [0.29, 0.717) is 33.5 Å². The summed E-state index contributed by atoms with van der Waals surface area (Å²) in [4.78, 5) is 13.4. The second-order valence-electron chi connectivity index (χ2n) is 6.12. The fourth-order valence-electron chi connectivity index (χ4n) is 3.06. The number of benzene rings is 2. The maximum Gasteiger partial charge on any atom is 0.163 e. The average Bonchev–Trinajstić information content (AvgIpc) is 2.72. The first-order valence-corrected chi connectivity index (χ1v) is 8.91. The summed E-state index contributed by atoms with van der Waals surface area (Å²) in [6, 6.07) is 11.8. The Morgan fingerprint density at radius 1 is 1.04 bits per heavy atom. The van der Waals surface area contributed by atoms with E-state index in [1.807, 2.05) is 24.3 Å². The number of anilines is 1. The Hall–Kier alpha value is -3.25. The quantitative estimate of drug-likeness (QED) is 0.515. The SMILES string of the molecule is CNc1nc(-c2cccnc2)nc2c(OC)cc(-c3cc(F)cc(Cl)c3)cc12. The monoisotopic (exact) mass is 394 g/mol. The average molecular weight is 395 g/mol. The van der Waals surface area contributed by atoms with Crippen molar-refractivity contribution in [3.8, 4) is 28.3 Å². The number of nitrogens with zero attached hydrogens (tertiary/aromatic N) is 3. The van der Waals surface area contributed by atoms with Crippen LogP contribution in [0.4, 0.5) is 10.2 Å². The van der Waals surface area contributed by atoms with Gasteiger partial charge in [0.15, 0.2) is 5.82 Å². The van der Waals surface area contributed by atoms with Crippen LogP contribution in [0.3, 0.4) is 0 Å². The highest BCUT2D eigenvalue weighted by molar-refractivity contribution is 6.30. The normalized spacial score (nSPS) is 10.9. The second-order valence-corrected chi connectivity index (χ2v) is 6.56. The van der Waals surface area contributed by atoms with Gasteiger partial charge in [0.2, 0.25) is 0 Å². The van der Waals surface area contributed by atoms with Crippen molar-refractivity contribution < 1.29 is 9.13 Å². The summed E-state index contributed by atoms with van der Waals surface area (Å²) in [5, 5.41) is 4.19. The molecule has 2 aromatic carbocycles. The lowest BCUT2D eigenvalue weighted by Gasteiger charge is -2.13. The number of pyridine rings is 1. The van der Waals surface area contributed by atoms with Gasteiger partial charge < -0.3 is 10.1 Å². The van der Waals surface area contributed by atoms with Gasteiger partial charge in [-0.15, -0.1) is 0 Å². The maximum atomic E-state index is 13.8. The van der Waals surface area contributed by atoms with E-state index in [0.717, 1.165) is 16.5 Å². The number of rotatable bonds is 4. The summed E-state index contributed by atoms with van der Waals surface area (Å²) in [7, 11) is 3.36. The molecule has 0 atom stereocenters. The molecule has 2 heterocycles. The number of ether oxygens (including phenoxy) is 1. The lowest BCUT2D eigenvalue weighted by Crippen LogP contribution is -2.01. The fraction of sp³-hybridized carbons (Fsp3) is 0.0952. The maximum absolute atomic E-state index is 13.8. The van der Waals surface area contributed by atoms with Gasteiger partial charge in [-0.2, -0.15) is 0 Å². The lowest BCUT2D eigenvalue weighted by atomic mass is 10.0. The van der Waals surface area contributed by atoms with Crippen molar-refractivity contribution in [2.75, 3.05) is 19.5 Å². The number of fused-ring (bicyclic) bond motifs is 1. The van der Waals surface area contributed by atoms with Crippen molar-refractivity contribution in [2.45, 2.75) is 0 Å². The fourth-order valence-corrected chi connectivity index (χ4v) is 3.28. The van der Waals surface area contributed by atoms with Gasteiger partial charge in [0, 0.05) is 35.4 Å². The summed E-state index contributed by atoms with van der Waals surface area (Å²) in [6.07, 6.45) is 3.40. The van der Waals surface area contributed by atoms with Crippen LogP contribution in [0.2, 0.25) is 5.02 Å². The van der Waals surface area contributed by atoms with Gasteiger partial charge in [-0.25, -0.2) is 14.4 Å². The van der Waals surface area contributed by atoms with Crippen molar-refractivity contribution >= 4 is 28.3 Å². The van der Waals surface area contributed by atoms with Crippen molar-refractivity contribution in [3.05, 3.63) is 65.7 Å². The summed E-state index contributed by atoms with van der Waals surface area (Å²) in [6.45, 7) is 0. The summed E-state index contributed by atoms with van der Waals surface area (Å²) < 4.78 is 19.4. The Morgan fingerprint density at radius 3 is 2.54 bits per heavy atom. The number of hydrogen-bond donors (Lipinski definition) is 1.